The number of fused-ring (bicyclic) bond motifs is 1. The van der Waals surface area contributed by atoms with Crippen LogP contribution in [0.15, 0.2) is 11.2 Å². The lowest BCUT2D eigenvalue weighted by atomic mass is 10.2. The Labute approximate surface area is 109 Å². The van der Waals surface area contributed by atoms with E-state index < -0.39 is 0 Å². The minimum Gasteiger partial charge on any atom is -0.370 e. The molecule has 6 nitrogen and oxygen atoms in total. The van der Waals surface area contributed by atoms with E-state index in [4.69, 9.17) is 4.74 Å². The summed E-state index contributed by atoms with van der Waals surface area (Å²) in [6, 6.07) is 1.93. The Morgan fingerprint density at radius 3 is 3.00 bits per heavy atom. The summed E-state index contributed by atoms with van der Waals surface area (Å²) in [6.45, 7) is 3.06. The number of aryl methyl sites for hydroxylation is 1. The maximum atomic E-state index is 5.42. The van der Waals surface area contributed by atoms with Crippen molar-refractivity contribution in [1.29, 1.82) is 0 Å². The Morgan fingerprint density at radius 1 is 1.39 bits per heavy atom. The van der Waals surface area contributed by atoms with E-state index in [2.05, 4.69) is 25.5 Å². The molecule has 0 atom stereocenters. The molecule has 0 fully saturated rings. The van der Waals surface area contributed by atoms with Gasteiger partial charge in [-0.1, -0.05) is 11.8 Å². The number of nitrogens with one attached hydrogen (secondary N) is 2. The Morgan fingerprint density at radius 2 is 2.28 bits per heavy atom. The van der Waals surface area contributed by atoms with Crippen LogP contribution >= 0.6 is 11.8 Å². The number of thioether (sulfide) groups is 1. The zero-order valence-corrected chi connectivity index (χ0v) is 11.0. The largest absolute Gasteiger partial charge is 0.370 e. The lowest BCUT2D eigenvalue weighted by Crippen LogP contribution is -2.03. The minimum atomic E-state index is 0.551. The molecule has 18 heavy (non-hydrogen) atoms. The summed E-state index contributed by atoms with van der Waals surface area (Å²) in [5, 5.41) is 11.0. The number of rotatable bonds is 3. The Bertz CT molecular complexity index is 583. The van der Waals surface area contributed by atoms with Crippen LogP contribution in [0.25, 0.3) is 0 Å². The maximum absolute atomic E-state index is 5.42. The summed E-state index contributed by atoms with van der Waals surface area (Å²) in [5.74, 6) is 1.54. The molecule has 2 N–H and O–H groups in total. The molecule has 0 unspecified atom stereocenters. The van der Waals surface area contributed by atoms with Crippen molar-refractivity contribution in [2.24, 2.45) is 0 Å². The minimum absolute atomic E-state index is 0.551. The van der Waals surface area contributed by atoms with Crippen LogP contribution in [0.5, 0.6) is 0 Å². The molecule has 1 aliphatic rings. The number of anilines is 2. The number of hydrogen-bond donors (Lipinski definition) is 2. The molecular weight excluding hydrogens is 250 g/mol. The number of hydrogen-bond acceptors (Lipinski definition) is 6. The molecule has 0 aliphatic carbocycles. The predicted molar refractivity (Wildman–Crippen MR) is 68.9 cm³/mol. The van der Waals surface area contributed by atoms with E-state index in [1.54, 1.807) is 0 Å². The van der Waals surface area contributed by atoms with E-state index in [1.807, 2.05) is 19.2 Å². The van der Waals surface area contributed by atoms with Gasteiger partial charge in [-0.2, -0.15) is 5.10 Å². The van der Waals surface area contributed by atoms with E-state index in [0.717, 1.165) is 33.7 Å². The third-order valence-electron chi connectivity index (χ3n) is 2.69. The molecule has 94 valence electrons. The highest BCUT2D eigenvalue weighted by atomic mass is 32.2. The van der Waals surface area contributed by atoms with Gasteiger partial charge in [0, 0.05) is 17.3 Å². The standard InChI is InChI=1S/C11H13N5OS/c1-6-3-9(16-15-6)13-10-7-4-17-5-8(7)12-11(14-10)18-2/h3H,4-5H2,1-2H3,(H2,12,13,14,15,16). The zero-order valence-electron chi connectivity index (χ0n) is 10.1. The van der Waals surface area contributed by atoms with Crippen molar-refractivity contribution in [3.63, 3.8) is 0 Å². The van der Waals surface area contributed by atoms with Crippen molar-refractivity contribution in [1.82, 2.24) is 20.2 Å². The second kappa shape index (κ2) is 4.58. The Kier molecular flexibility index (Phi) is 2.92. The monoisotopic (exact) mass is 263 g/mol. The molecule has 7 heteroatoms. The van der Waals surface area contributed by atoms with Crippen molar-refractivity contribution >= 4 is 23.4 Å². The van der Waals surface area contributed by atoms with Crippen molar-refractivity contribution in [2.75, 3.05) is 11.6 Å². The number of ether oxygens (including phenoxy) is 1. The van der Waals surface area contributed by atoms with E-state index in [1.165, 1.54) is 11.8 Å². The smallest absolute Gasteiger partial charge is 0.189 e. The summed E-state index contributed by atoms with van der Waals surface area (Å²) < 4.78 is 5.42. The molecule has 1 aliphatic heterocycles. The molecule has 0 saturated heterocycles. The zero-order chi connectivity index (χ0) is 12.5. The number of aromatic amines is 1. The third kappa shape index (κ3) is 2.06. The Balaban J connectivity index is 1.98. The van der Waals surface area contributed by atoms with Crippen LogP contribution < -0.4 is 5.32 Å². The fourth-order valence-corrected chi connectivity index (χ4v) is 2.21. The van der Waals surface area contributed by atoms with Gasteiger partial charge in [0.1, 0.15) is 5.82 Å². The first-order valence-corrected chi connectivity index (χ1v) is 6.79. The van der Waals surface area contributed by atoms with Crippen LogP contribution in [-0.2, 0) is 18.0 Å². The van der Waals surface area contributed by atoms with Gasteiger partial charge in [-0.3, -0.25) is 5.10 Å². The van der Waals surface area contributed by atoms with Crippen LogP contribution in [0, 0.1) is 6.92 Å². The highest BCUT2D eigenvalue weighted by molar-refractivity contribution is 7.98. The second-order valence-electron chi connectivity index (χ2n) is 4.04. The molecule has 0 radical (unpaired) electrons. The van der Waals surface area contributed by atoms with Gasteiger partial charge in [0.25, 0.3) is 0 Å². The lowest BCUT2D eigenvalue weighted by Gasteiger charge is -2.08. The van der Waals surface area contributed by atoms with Gasteiger partial charge in [0.2, 0.25) is 0 Å². The van der Waals surface area contributed by atoms with Gasteiger partial charge in [0.05, 0.1) is 18.9 Å². The Hall–Kier alpha value is -1.60. The molecule has 0 amide bonds. The van der Waals surface area contributed by atoms with Crippen molar-refractivity contribution in [3.05, 3.63) is 23.0 Å². The molecule has 0 spiro atoms. The normalized spacial score (nSPS) is 13.7. The van der Waals surface area contributed by atoms with Gasteiger partial charge in [-0.25, -0.2) is 9.97 Å². The number of aromatic nitrogens is 4. The van der Waals surface area contributed by atoms with Gasteiger partial charge in [-0.15, -0.1) is 0 Å². The van der Waals surface area contributed by atoms with Crippen LogP contribution in [-0.4, -0.2) is 26.4 Å². The van der Waals surface area contributed by atoms with Crippen LogP contribution in [0.2, 0.25) is 0 Å². The second-order valence-corrected chi connectivity index (χ2v) is 4.81. The molecule has 0 saturated carbocycles. The highest BCUT2D eigenvalue weighted by Crippen LogP contribution is 2.28. The maximum Gasteiger partial charge on any atom is 0.189 e. The number of nitrogens with zero attached hydrogens (tertiary/aromatic N) is 3. The summed E-state index contributed by atoms with van der Waals surface area (Å²) >= 11 is 1.52. The van der Waals surface area contributed by atoms with Crippen LogP contribution in [0.1, 0.15) is 17.0 Å². The topological polar surface area (TPSA) is 75.7 Å². The van der Waals surface area contributed by atoms with Gasteiger partial charge >= 0.3 is 0 Å². The first kappa shape index (κ1) is 11.5. The molecule has 2 aromatic heterocycles. The van der Waals surface area contributed by atoms with E-state index in [0.29, 0.717) is 13.2 Å². The van der Waals surface area contributed by atoms with Crippen LogP contribution in [0.3, 0.4) is 0 Å². The first-order chi connectivity index (χ1) is 8.76. The summed E-state index contributed by atoms with van der Waals surface area (Å²) in [4.78, 5) is 8.91. The lowest BCUT2D eigenvalue weighted by molar-refractivity contribution is 0.133. The molecule has 3 rings (SSSR count). The summed E-state index contributed by atoms with van der Waals surface area (Å²) in [5.41, 5.74) is 2.99. The number of H-pyrrole nitrogens is 1. The first-order valence-electron chi connectivity index (χ1n) is 5.57. The van der Waals surface area contributed by atoms with E-state index >= 15 is 0 Å². The molecule has 3 heterocycles. The van der Waals surface area contributed by atoms with Gasteiger partial charge in [0.15, 0.2) is 11.0 Å². The fraction of sp³-hybridized carbons (Fsp3) is 0.364. The SMILES string of the molecule is CSc1nc2c(c(Nc3cc(C)[nH]n3)n1)COC2. The van der Waals surface area contributed by atoms with Crippen molar-refractivity contribution in [3.8, 4) is 0 Å². The molecule has 0 bridgehead atoms. The van der Waals surface area contributed by atoms with Gasteiger partial charge in [-0.05, 0) is 13.2 Å². The van der Waals surface area contributed by atoms with E-state index in [-0.39, 0.29) is 0 Å². The fourth-order valence-electron chi connectivity index (χ4n) is 1.83. The average molecular weight is 263 g/mol. The van der Waals surface area contributed by atoms with Crippen molar-refractivity contribution in [2.45, 2.75) is 25.3 Å². The molecule has 0 aromatic carbocycles. The highest BCUT2D eigenvalue weighted by Gasteiger charge is 2.20. The summed E-state index contributed by atoms with van der Waals surface area (Å²) in [6.07, 6.45) is 1.96. The van der Waals surface area contributed by atoms with Gasteiger partial charge < -0.3 is 10.1 Å². The van der Waals surface area contributed by atoms with Crippen LogP contribution in [0.4, 0.5) is 11.6 Å². The van der Waals surface area contributed by atoms with Crippen molar-refractivity contribution < 1.29 is 4.74 Å². The third-order valence-corrected chi connectivity index (χ3v) is 3.24. The predicted octanol–water partition coefficient (Wildman–Crippen LogP) is 2.00. The average Bonchev–Trinajstić information content (AvgIpc) is 2.98. The molecule has 2 aromatic rings. The quantitative estimate of drug-likeness (QED) is 0.651. The molecular formula is C11H13N5OS. The summed E-state index contributed by atoms with van der Waals surface area (Å²) in [7, 11) is 0. The van der Waals surface area contributed by atoms with E-state index in [9.17, 15) is 0 Å².